The number of likely N-dealkylation sites (tertiary alicyclic amines) is 1. The Kier molecular flexibility index (Phi) is 2.63. The topological polar surface area (TPSA) is 29.5 Å². The molecule has 2 unspecified atom stereocenters. The van der Waals surface area contributed by atoms with E-state index in [0.29, 0.717) is 0 Å². The highest BCUT2D eigenvalue weighted by Gasteiger charge is 2.35. The molecule has 3 nitrogen and oxygen atoms in total. The molecule has 0 aliphatic carbocycles. The molecule has 0 saturated carbocycles. The summed E-state index contributed by atoms with van der Waals surface area (Å²) in [6, 6.07) is 7.80. The second kappa shape index (κ2) is 4.15. The van der Waals surface area contributed by atoms with Gasteiger partial charge in [-0.1, -0.05) is 17.7 Å². The lowest BCUT2D eigenvalue weighted by Gasteiger charge is -2.32. The lowest BCUT2D eigenvalue weighted by atomic mass is 10.1. The summed E-state index contributed by atoms with van der Waals surface area (Å²) < 4.78 is 5.74. The smallest absolute Gasteiger partial charge is 0.254 e. The molecule has 2 aliphatic heterocycles. The Morgan fingerprint density at radius 2 is 1.76 bits per heavy atom. The van der Waals surface area contributed by atoms with Crippen LogP contribution in [0, 0.1) is 6.92 Å². The molecule has 1 amide bonds. The fraction of sp³-hybridized carbons (Fsp3) is 0.500. The van der Waals surface area contributed by atoms with Gasteiger partial charge in [-0.3, -0.25) is 4.79 Å². The largest absolute Gasteiger partial charge is 0.371 e. The van der Waals surface area contributed by atoms with Crippen molar-refractivity contribution >= 4 is 5.91 Å². The van der Waals surface area contributed by atoms with Crippen molar-refractivity contribution in [3.63, 3.8) is 0 Å². The summed E-state index contributed by atoms with van der Waals surface area (Å²) >= 11 is 0. The minimum absolute atomic E-state index is 0.144. The summed E-state index contributed by atoms with van der Waals surface area (Å²) in [6.45, 7) is 3.54. The Labute approximate surface area is 101 Å². The number of hydrogen-bond donors (Lipinski definition) is 0. The van der Waals surface area contributed by atoms with Gasteiger partial charge in [0.1, 0.15) is 0 Å². The van der Waals surface area contributed by atoms with Crippen LogP contribution >= 0.6 is 0 Å². The number of fused-ring (bicyclic) bond motifs is 2. The number of ether oxygens (including phenoxy) is 1. The van der Waals surface area contributed by atoms with Crippen LogP contribution in [0.4, 0.5) is 0 Å². The zero-order valence-electron chi connectivity index (χ0n) is 10.1. The van der Waals surface area contributed by atoms with E-state index in [1.165, 1.54) is 5.56 Å². The van der Waals surface area contributed by atoms with Gasteiger partial charge in [-0.05, 0) is 31.9 Å². The molecule has 2 bridgehead atoms. The maximum atomic E-state index is 12.3. The molecular formula is C14H17NO2. The Hall–Kier alpha value is -1.35. The summed E-state index contributed by atoms with van der Waals surface area (Å²) in [6.07, 6.45) is 2.73. The monoisotopic (exact) mass is 231 g/mol. The summed E-state index contributed by atoms with van der Waals surface area (Å²) in [7, 11) is 0. The standard InChI is InChI=1S/C14H17NO2/c1-10-2-4-11(5-3-10)14(16)15-8-12-6-7-13(9-15)17-12/h2-5,12-13H,6-9H2,1H3. The minimum Gasteiger partial charge on any atom is -0.371 e. The van der Waals surface area contributed by atoms with E-state index in [9.17, 15) is 4.79 Å². The normalized spacial score (nSPS) is 27.2. The van der Waals surface area contributed by atoms with E-state index in [4.69, 9.17) is 4.74 Å². The molecule has 0 N–H and O–H groups in total. The van der Waals surface area contributed by atoms with E-state index >= 15 is 0 Å². The Bertz CT molecular complexity index is 414. The first-order chi connectivity index (χ1) is 8.22. The van der Waals surface area contributed by atoms with Gasteiger partial charge in [-0.15, -0.1) is 0 Å². The van der Waals surface area contributed by atoms with Crippen LogP contribution in [0.1, 0.15) is 28.8 Å². The maximum Gasteiger partial charge on any atom is 0.254 e. The predicted molar refractivity (Wildman–Crippen MR) is 65.0 cm³/mol. The fourth-order valence-electron chi connectivity index (χ4n) is 2.66. The third kappa shape index (κ3) is 2.07. The van der Waals surface area contributed by atoms with Gasteiger partial charge < -0.3 is 9.64 Å². The van der Waals surface area contributed by atoms with E-state index < -0.39 is 0 Å². The highest BCUT2D eigenvalue weighted by Crippen LogP contribution is 2.27. The van der Waals surface area contributed by atoms with Gasteiger partial charge in [0.25, 0.3) is 5.91 Å². The molecular weight excluding hydrogens is 214 g/mol. The summed E-state index contributed by atoms with van der Waals surface area (Å²) in [5.41, 5.74) is 1.97. The number of aryl methyl sites for hydroxylation is 1. The average molecular weight is 231 g/mol. The van der Waals surface area contributed by atoms with Crippen LogP contribution in [-0.2, 0) is 4.74 Å². The van der Waals surface area contributed by atoms with Gasteiger partial charge in [0.2, 0.25) is 0 Å². The Morgan fingerprint density at radius 1 is 1.18 bits per heavy atom. The molecule has 2 aliphatic rings. The molecule has 3 heteroatoms. The molecule has 2 heterocycles. The quantitative estimate of drug-likeness (QED) is 0.740. The van der Waals surface area contributed by atoms with E-state index in [1.54, 1.807) is 0 Å². The van der Waals surface area contributed by atoms with Crippen molar-refractivity contribution in [3.8, 4) is 0 Å². The van der Waals surface area contributed by atoms with Gasteiger partial charge in [0.15, 0.2) is 0 Å². The zero-order valence-corrected chi connectivity index (χ0v) is 10.1. The lowest BCUT2D eigenvalue weighted by Crippen LogP contribution is -2.45. The van der Waals surface area contributed by atoms with Crippen molar-refractivity contribution in [1.29, 1.82) is 0 Å². The number of hydrogen-bond acceptors (Lipinski definition) is 2. The van der Waals surface area contributed by atoms with Crippen LogP contribution in [0.3, 0.4) is 0 Å². The molecule has 0 radical (unpaired) electrons. The van der Waals surface area contributed by atoms with Gasteiger partial charge in [0, 0.05) is 18.7 Å². The first kappa shape index (κ1) is 10.8. The molecule has 2 saturated heterocycles. The molecule has 1 aromatic rings. The number of morpholine rings is 1. The highest BCUT2D eigenvalue weighted by molar-refractivity contribution is 5.94. The maximum absolute atomic E-state index is 12.3. The molecule has 2 atom stereocenters. The van der Waals surface area contributed by atoms with Crippen molar-refractivity contribution in [1.82, 2.24) is 4.90 Å². The number of carbonyl (C=O) groups is 1. The SMILES string of the molecule is Cc1ccc(C(=O)N2CC3CCC(C2)O3)cc1. The van der Waals surface area contributed by atoms with Gasteiger partial charge >= 0.3 is 0 Å². The predicted octanol–water partition coefficient (Wildman–Crippen LogP) is 2.00. The second-order valence-electron chi connectivity index (χ2n) is 5.03. The summed E-state index contributed by atoms with van der Waals surface area (Å²) in [4.78, 5) is 14.2. The number of carbonyl (C=O) groups excluding carboxylic acids is 1. The van der Waals surface area contributed by atoms with E-state index in [-0.39, 0.29) is 18.1 Å². The summed E-state index contributed by atoms with van der Waals surface area (Å²) in [5, 5.41) is 0. The molecule has 3 rings (SSSR count). The van der Waals surface area contributed by atoms with Gasteiger partial charge in [0.05, 0.1) is 12.2 Å². The zero-order chi connectivity index (χ0) is 11.8. The number of amides is 1. The van der Waals surface area contributed by atoms with Gasteiger partial charge in [-0.2, -0.15) is 0 Å². The number of benzene rings is 1. The first-order valence-electron chi connectivity index (χ1n) is 6.24. The Balaban J connectivity index is 1.76. The van der Waals surface area contributed by atoms with Crippen LogP contribution in [0.15, 0.2) is 24.3 Å². The molecule has 2 fully saturated rings. The van der Waals surface area contributed by atoms with Crippen LogP contribution < -0.4 is 0 Å². The molecule has 90 valence electrons. The molecule has 1 aromatic carbocycles. The molecule has 0 aromatic heterocycles. The third-order valence-electron chi connectivity index (χ3n) is 3.63. The van der Waals surface area contributed by atoms with Crippen molar-refractivity contribution in [3.05, 3.63) is 35.4 Å². The molecule has 0 spiro atoms. The number of nitrogens with zero attached hydrogens (tertiary/aromatic N) is 1. The van der Waals surface area contributed by atoms with Crippen molar-refractivity contribution in [2.24, 2.45) is 0 Å². The lowest BCUT2D eigenvalue weighted by molar-refractivity contribution is -0.0303. The van der Waals surface area contributed by atoms with Crippen LogP contribution in [0.5, 0.6) is 0 Å². The van der Waals surface area contributed by atoms with Crippen LogP contribution in [0.2, 0.25) is 0 Å². The first-order valence-corrected chi connectivity index (χ1v) is 6.24. The Morgan fingerprint density at radius 3 is 2.35 bits per heavy atom. The second-order valence-corrected chi connectivity index (χ2v) is 5.03. The van der Waals surface area contributed by atoms with Crippen LogP contribution in [-0.4, -0.2) is 36.1 Å². The fourth-order valence-corrected chi connectivity index (χ4v) is 2.66. The van der Waals surface area contributed by atoms with Crippen molar-refractivity contribution in [2.75, 3.05) is 13.1 Å². The number of rotatable bonds is 1. The molecule has 17 heavy (non-hydrogen) atoms. The van der Waals surface area contributed by atoms with Crippen LogP contribution in [0.25, 0.3) is 0 Å². The third-order valence-corrected chi connectivity index (χ3v) is 3.63. The summed E-state index contributed by atoms with van der Waals surface area (Å²) in [5.74, 6) is 0.144. The van der Waals surface area contributed by atoms with Crippen molar-refractivity contribution in [2.45, 2.75) is 32.0 Å². The van der Waals surface area contributed by atoms with Gasteiger partial charge in [-0.25, -0.2) is 0 Å². The van der Waals surface area contributed by atoms with E-state index in [1.807, 2.05) is 36.1 Å². The van der Waals surface area contributed by atoms with Crippen molar-refractivity contribution < 1.29 is 9.53 Å². The highest BCUT2D eigenvalue weighted by atomic mass is 16.5. The minimum atomic E-state index is 0.144. The van der Waals surface area contributed by atoms with E-state index in [0.717, 1.165) is 31.5 Å². The average Bonchev–Trinajstić information content (AvgIpc) is 2.68. The van der Waals surface area contributed by atoms with E-state index in [2.05, 4.69) is 0 Å².